The van der Waals surface area contributed by atoms with Gasteiger partial charge in [0.1, 0.15) is 17.2 Å². The van der Waals surface area contributed by atoms with Crippen molar-refractivity contribution < 1.29 is 14.3 Å². The second kappa shape index (κ2) is 7.42. The molecule has 7 nitrogen and oxygen atoms in total. The van der Waals surface area contributed by atoms with E-state index in [1.54, 1.807) is 31.3 Å². The predicted octanol–water partition coefficient (Wildman–Crippen LogP) is 3.99. The molecule has 2 heterocycles. The first-order valence-electron chi connectivity index (χ1n) is 9.06. The van der Waals surface area contributed by atoms with Crippen LogP contribution in [0.3, 0.4) is 0 Å². The molecule has 0 bridgehead atoms. The van der Waals surface area contributed by atoms with Gasteiger partial charge in [-0.2, -0.15) is 0 Å². The van der Waals surface area contributed by atoms with Crippen LogP contribution in [0.4, 0.5) is 10.5 Å². The van der Waals surface area contributed by atoms with Gasteiger partial charge in [0.25, 0.3) is 0 Å². The molecule has 0 spiro atoms. The summed E-state index contributed by atoms with van der Waals surface area (Å²) in [5, 5.41) is 3.14. The number of hydrogen-bond donors (Lipinski definition) is 2. The van der Waals surface area contributed by atoms with Gasteiger partial charge in [-0.05, 0) is 57.0 Å². The molecule has 1 aromatic carbocycles. The molecule has 3 N–H and O–H groups in total. The molecule has 1 aliphatic heterocycles. The molecule has 3 rings (SSSR count). The van der Waals surface area contributed by atoms with Crippen LogP contribution in [0.5, 0.6) is 5.75 Å². The van der Waals surface area contributed by atoms with E-state index in [1.165, 1.54) is 0 Å². The number of pyridine rings is 1. The normalized spacial score (nSPS) is 14.5. The second-order valence-corrected chi connectivity index (χ2v) is 7.73. The largest absolute Gasteiger partial charge is 0.456 e. The molecule has 148 valence electrons. The first-order valence-corrected chi connectivity index (χ1v) is 9.06. The molecule has 1 unspecified atom stereocenters. The van der Waals surface area contributed by atoms with Gasteiger partial charge in [0, 0.05) is 19.4 Å². The van der Waals surface area contributed by atoms with Crippen LogP contribution in [-0.4, -0.2) is 28.6 Å². The van der Waals surface area contributed by atoms with E-state index in [2.05, 4.69) is 10.3 Å². The van der Waals surface area contributed by atoms with E-state index in [0.29, 0.717) is 17.3 Å². The molecule has 1 aromatic heterocycles. The van der Waals surface area contributed by atoms with E-state index in [9.17, 15) is 4.79 Å². The Morgan fingerprint density at radius 2 is 2.04 bits per heavy atom. The summed E-state index contributed by atoms with van der Waals surface area (Å²) >= 11 is 0. The third kappa shape index (κ3) is 4.19. The predicted molar refractivity (Wildman–Crippen MR) is 108 cm³/mol. The number of nitrogens with one attached hydrogen (secondary N) is 1. The van der Waals surface area contributed by atoms with E-state index >= 15 is 0 Å². The Morgan fingerprint density at radius 3 is 2.68 bits per heavy atom. The molecule has 0 fully saturated rings. The minimum Gasteiger partial charge on any atom is -0.456 e. The van der Waals surface area contributed by atoms with Crippen molar-refractivity contribution in [1.29, 1.82) is 0 Å². The van der Waals surface area contributed by atoms with Crippen molar-refractivity contribution in [1.82, 2.24) is 9.88 Å². The summed E-state index contributed by atoms with van der Waals surface area (Å²) in [4.78, 5) is 18.5. The molecule has 1 atom stereocenters. The summed E-state index contributed by atoms with van der Waals surface area (Å²) in [5.74, 6) is 1.76. The quantitative estimate of drug-likeness (QED) is 0.834. The fraction of sp³-hybridized carbons (Fsp3) is 0.333. The summed E-state index contributed by atoms with van der Waals surface area (Å²) < 4.78 is 11.3. The molecule has 0 aliphatic carbocycles. The summed E-state index contributed by atoms with van der Waals surface area (Å²) in [6.45, 7) is 7.33. The molecular weight excluding hydrogens is 356 g/mol. The van der Waals surface area contributed by atoms with E-state index in [1.807, 2.05) is 51.1 Å². The van der Waals surface area contributed by atoms with Gasteiger partial charge >= 0.3 is 6.09 Å². The Morgan fingerprint density at radius 1 is 1.29 bits per heavy atom. The van der Waals surface area contributed by atoms with Crippen molar-refractivity contribution in [2.45, 2.75) is 39.3 Å². The molecule has 1 aliphatic rings. The average molecular weight is 382 g/mol. The third-order valence-electron chi connectivity index (χ3n) is 4.30. The highest BCUT2D eigenvalue weighted by Crippen LogP contribution is 2.37. The van der Waals surface area contributed by atoms with Crippen LogP contribution in [0, 0.1) is 0 Å². The van der Waals surface area contributed by atoms with Crippen molar-refractivity contribution in [2.24, 2.45) is 5.73 Å². The zero-order valence-corrected chi connectivity index (χ0v) is 16.8. The monoisotopic (exact) mass is 382 g/mol. The Balaban J connectivity index is 2.00. The maximum absolute atomic E-state index is 12.7. The lowest BCUT2D eigenvalue weighted by Crippen LogP contribution is -2.37. The van der Waals surface area contributed by atoms with Crippen LogP contribution in [0.2, 0.25) is 0 Å². The Bertz CT molecular complexity index is 904. The third-order valence-corrected chi connectivity index (χ3v) is 4.30. The zero-order chi connectivity index (χ0) is 20.5. The van der Waals surface area contributed by atoms with Crippen LogP contribution in [0.1, 0.15) is 44.9 Å². The van der Waals surface area contributed by atoms with Gasteiger partial charge in [-0.15, -0.1) is 0 Å². The van der Waals surface area contributed by atoms with E-state index < -0.39 is 11.7 Å². The van der Waals surface area contributed by atoms with Gasteiger partial charge in [-0.25, -0.2) is 4.79 Å². The number of benzene rings is 1. The van der Waals surface area contributed by atoms with Gasteiger partial charge < -0.3 is 25.4 Å². The number of allylic oxidation sites excluding steroid dienone is 1. The minimum atomic E-state index is -0.590. The Labute approximate surface area is 165 Å². The van der Waals surface area contributed by atoms with Crippen molar-refractivity contribution >= 4 is 11.8 Å². The van der Waals surface area contributed by atoms with E-state index in [4.69, 9.17) is 15.2 Å². The first-order chi connectivity index (χ1) is 13.2. The van der Waals surface area contributed by atoms with Crippen molar-refractivity contribution in [2.75, 3.05) is 12.4 Å². The van der Waals surface area contributed by atoms with Gasteiger partial charge in [-0.3, -0.25) is 4.98 Å². The van der Waals surface area contributed by atoms with Crippen LogP contribution in [0.15, 0.2) is 54.3 Å². The van der Waals surface area contributed by atoms with Crippen LogP contribution < -0.4 is 15.8 Å². The fourth-order valence-electron chi connectivity index (χ4n) is 2.97. The fourth-order valence-corrected chi connectivity index (χ4v) is 2.97. The molecule has 1 amide bonds. The molecular formula is C21H26N4O3. The molecule has 0 saturated heterocycles. The number of carbonyl (C=O) groups is 1. The average Bonchev–Trinajstić information content (AvgIpc) is 2.62. The molecule has 0 saturated carbocycles. The Hall–Kier alpha value is -3.22. The van der Waals surface area contributed by atoms with Gasteiger partial charge in [0.15, 0.2) is 5.75 Å². The number of aromatic nitrogens is 1. The topological polar surface area (TPSA) is 89.7 Å². The van der Waals surface area contributed by atoms with Crippen LogP contribution in [0.25, 0.3) is 0 Å². The lowest BCUT2D eigenvalue weighted by Gasteiger charge is -2.32. The highest BCUT2D eigenvalue weighted by atomic mass is 16.6. The number of rotatable bonds is 3. The maximum Gasteiger partial charge on any atom is 0.410 e. The summed E-state index contributed by atoms with van der Waals surface area (Å²) in [5.41, 5.74) is 7.86. The van der Waals surface area contributed by atoms with E-state index in [0.717, 1.165) is 16.8 Å². The number of amides is 1. The Kier molecular flexibility index (Phi) is 5.18. The van der Waals surface area contributed by atoms with Crippen molar-refractivity contribution in [3.8, 4) is 5.75 Å². The smallest absolute Gasteiger partial charge is 0.410 e. The standard InChI is InChI=1S/C21H26N4O3/c1-13-19(22)24-16-11-14(8-9-17(16)27-13)18(15-7-6-10-23-12-15)25(5)20(26)28-21(2,3)4/h6-12,18,24H,22H2,1-5H3. The molecule has 2 aromatic rings. The van der Waals surface area contributed by atoms with Crippen molar-refractivity contribution in [3.63, 3.8) is 0 Å². The summed E-state index contributed by atoms with van der Waals surface area (Å²) in [6, 6.07) is 9.10. The van der Waals surface area contributed by atoms with Crippen LogP contribution in [-0.2, 0) is 4.74 Å². The highest BCUT2D eigenvalue weighted by molar-refractivity contribution is 5.70. The number of carbonyl (C=O) groups excluding carboxylic acids is 1. The zero-order valence-electron chi connectivity index (χ0n) is 16.8. The maximum atomic E-state index is 12.7. The lowest BCUT2D eigenvalue weighted by molar-refractivity contribution is 0.0248. The number of nitrogens with zero attached hydrogens (tertiary/aromatic N) is 2. The minimum absolute atomic E-state index is 0.385. The van der Waals surface area contributed by atoms with Crippen LogP contribution >= 0.6 is 0 Å². The molecule has 0 radical (unpaired) electrons. The van der Waals surface area contributed by atoms with Crippen molar-refractivity contribution in [3.05, 3.63) is 65.4 Å². The summed E-state index contributed by atoms with van der Waals surface area (Å²) in [7, 11) is 1.72. The van der Waals surface area contributed by atoms with E-state index in [-0.39, 0.29) is 6.04 Å². The first kappa shape index (κ1) is 19.5. The van der Waals surface area contributed by atoms with Gasteiger partial charge in [0.05, 0.1) is 11.7 Å². The highest BCUT2D eigenvalue weighted by Gasteiger charge is 2.29. The SMILES string of the molecule is CC1=C(N)Nc2cc(C(c3cccnc3)N(C)C(=O)OC(C)(C)C)ccc2O1. The second-order valence-electron chi connectivity index (χ2n) is 7.73. The number of fused-ring (bicyclic) bond motifs is 1. The number of ether oxygens (including phenoxy) is 2. The number of nitrogens with two attached hydrogens (primary N) is 1. The van der Waals surface area contributed by atoms with Gasteiger partial charge in [0.2, 0.25) is 0 Å². The number of hydrogen-bond acceptors (Lipinski definition) is 6. The molecule has 28 heavy (non-hydrogen) atoms. The van der Waals surface area contributed by atoms with Gasteiger partial charge in [-0.1, -0.05) is 12.1 Å². The molecule has 7 heteroatoms. The lowest BCUT2D eigenvalue weighted by atomic mass is 9.98. The summed E-state index contributed by atoms with van der Waals surface area (Å²) in [6.07, 6.45) is 3.02. The number of anilines is 1.